The Morgan fingerprint density at radius 2 is 0.968 bits per heavy atom. The summed E-state index contributed by atoms with van der Waals surface area (Å²) >= 11 is 11.8. The van der Waals surface area contributed by atoms with Crippen LogP contribution < -0.4 is 32.3 Å². The summed E-state index contributed by atoms with van der Waals surface area (Å²) in [6.45, 7) is 0.670. The highest BCUT2D eigenvalue weighted by molar-refractivity contribution is 6.31. The molecule has 2 heterocycles. The van der Waals surface area contributed by atoms with Gasteiger partial charge in [-0.15, -0.1) is 24.8 Å². The number of carbonyl (C=O) groups is 4. The number of nitrogens with two attached hydrogens (primary N) is 1. The maximum atomic E-state index is 13.0. The van der Waals surface area contributed by atoms with E-state index in [1.807, 2.05) is 36.4 Å². The molecule has 0 bridgehead atoms. The first-order valence-electron chi connectivity index (χ1n) is 20.4. The smallest absolute Gasteiger partial charge is 0.293 e. The lowest BCUT2D eigenvalue weighted by Crippen LogP contribution is -2.37. The highest BCUT2D eigenvalue weighted by Gasteiger charge is 2.30. The standard InChI is InChI=1S/C24H26ClN3O4.C22H22ClN3O3.2ClH/c25-16-7-11-18(12-8-16)27-24(31)22-21(19-3-1-2-4-20(19)32-22)28-23(30)15-5-9-17(10-6-15)26-13-14-29;23-14-7-11-16(12-8-14)25-22(28)20-19(17-3-1-2-4-18(17)29-20)26-21(27)13-5-9-15(24)10-6-13;;/h1-4,7-8,11-12,15,17,26,29H,5-6,9-10,13-14H2,(H,27,31)(H,28,30);1-4,7-8,11-13,15H,5-6,9-10,24H2,(H,25,28)(H,26,27);2*1H. The Labute approximate surface area is 387 Å². The van der Waals surface area contributed by atoms with E-state index in [-0.39, 0.29) is 72.6 Å². The number of halogens is 4. The fourth-order valence-electron chi connectivity index (χ4n) is 7.76. The molecule has 4 amide bonds. The molecule has 334 valence electrons. The second kappa shape index (κ2) is 23.0. The summed E-state index contributed by atoms with van der Waals surface area (Å²) in [5.74, 6) is -1.23. The number of hydrogen-bond acceptors (Lipinski definition) is 9. The van der Waals surface area contributed by atoms with Crippen molar-refractivity contribution >= 4 is 116 Å². The van der Waals surface area contributed by atoms with Crippen LogP contribution in [0, 0.1) is 11.8 Å². The van der Waals surface area contributed by atoms with Crippen molar-refractivity contribution in [2.45, 2.75) is 63.5 Å². The van der Waals surface area contributed by atoms with Crippen molar-refractivity contribution in [3.05, 3.63) is 119 Å². The Morgan fingerprint density at radius 3 is 1.38 bits per heavy atom. The predicted molar refractivity (Wildman–Crippen MR) is 254 cm³/mol. The van der Waals surface area contributed by atoms with Gasteiger partial charge in [0.05, 0.1) is 6.61 Å². The van der Waals surface area contributed by atoms with Crippen molar-refractivity contribution < 1.29 is 33.1 Å². The van der Waals surface area contributed by atoms with Crippen molar-refractivity contribution in [2.75, 3.05) is 34.4 Å². The Balaban J connectivity index is 0.000000231. The van der Waals surface area contributed by atoms with Crippen LogP contribution in [0.3, 0.4) is 0 Å². The van der Waals surface area contributed by atoms with Gasteiger partial charge in [0.1, 0.15) is 22.5 Å². The van der Waals surface area contributed by atoms with Crippen LogP contribution in [0.4, 0.5) is 22.7 Å². The molecule has 6 aromatic rings. The topological polar surface area (TPSA) is 201 Å². The molecule has 0 aliphatic heterocycles. The van der Waals surface area contributed by atoms with E-state index < -0.39 is 11.8 Å². The third-order valence-electron chi connectivity index (χ3n) is 11.1. The molecule has 0 spiro atoms. The molecule has 0 radical (unpaired) electrons. The number of carbonyl (C=O) groups excluding carboxylic acids is 4. The number of amides is 4. The Bertz CT molecular complexity index is 2480. The minimum absolute atomic E-state index is 0. The monoisotopic (exact) mass is 938 g/mol. The predicted octanol–water partition coefficient (Wildman–Crippen LogP) is 10.1. The number of hydrogen-bond donors (Lipinski definition) is 7. The minimum atomic E-state index is -0.448. The SMILES string of the molecule is Cl.Cl.NC1CCC(C(=O)Nc2c(C(=O)Nc3ccc(Cl)cc3)oc3ccccc23)CC1.O=C(Nc1ccc(Cl)cc1)c1oc2ccccc2c1NC(=O)C1CCC(NCCO)CC1. The van der Waals surface area contributed by atoms with Crippen molar-refractivity contribution in [1.29, 1.82) is 0 Å². The maximum absolute atomic E-state index is 13.0. The highest BCUT2D eigenvalue weighted by atomic mass is 35.5. The molecule has 0 unspecified atom stereocenters. The fraction of sp³-hybridized carbons (Fsp3) is 0.304. The molecule has 8 rings (SSSR count). The van der Waals surface area contributed by atoms with E-state index in [1.165, 1.54) is 0 Å². The van der Waals surface area contributed by atoms with Gasteiger partial charge >= 0.3 is 0 Å². The molecule has 0 atom stereocenters. The normalized spacial score (nSPS) is 18.2. The lowest BCUT2D eigenvalue weighted by atomic mass is 9.85. The van der Waals surface area contributed by atoms with Gasteiger partial charge < -0.3 is 46.3 Å². The van der Waals surface area contributed by atoms with Gasteiger partial charge in [-0.05, 0) is 124 Å². The number of furan rings is 2. The molecule has 0 saturated heterocycles. The summed E-state index contributed by atoms with van der Waals surface area (Å²) in [5, 5.41) is 26.3. The second-order valence-electron chi connectivity index (χ2n) is 15.3. The third kappa shape index (κ3) is 12.5. The Hall–Kier alpha value is -5.12. The van der Waals surface area contributed by atoms with Gasteiger partial charge in [0.15, 0.2) is 0 Å². The first-order valence-corrected chi connectivity index (χ1v) is 21.2. The zero-order chi connectivity index (χ0) is 42.9. The number of benzene rings is 4. The number of anilines is 4. The summed E-state index contributed by atoms with van der Waals surface area (Å²) in [6, 6.07) is 28.5. The van der Waals surface area contributed by atoms with E-state index in [4.69, 9.17) is 42.9 Å². The molecule has 2 aliphatic carbocycles. The summed E-state index contributed by atoms with van der Waals surface area (Å²) in [5.41, 5.74) is 8.95. The average molecular weight is 941 g/mol. The lowest BCUT2D eigenvalue weighted by molar-refractivity contribution is -0.121. The molecule has 63 heavy (non-hydrogen) atoms. The minimum Gasteiger partial charge on any atom is -0.449 e. The van der Waals surface area contributed by atoms with Gasteiger partial charge in [0, 0.05) is 62.7 Å². The number of nitrogens with one attached hydrogen (secondary N) is 5. The van der Waals surface area contributed by atoms with Gasteiger partial charge in [0.25, 0.3) is 11.8 Å². The molecule has 4 aromatic carbocycles. The van der Waals surface area contributed by atoms with Crippen molar-refractivity contribution in [3.8, 4) is 0 Å². The quantitative estimate of drug-likeness (QED) is 0.0660. The highest BCUT2D eigenvalue weighted by Crippen LogP contribution is 2.35. The van der Waals surface area contributed by atoms with E-state index >= 15 is 0 Å². The number of para-hydroxylation sites is 2. The lowest BCUT2D eigenvalue weighted by Gasteiger charge is -2.28. The number of fused-ring (bicyclic) bond motifs is 2. The van der Waals surface area contributed by atoms with Gasteiger partial charge in [-0.2, -0.15) is 0 Å². The summed E-state index contributed by atoms with van der Waals surface area (Å²) in [7, 11) is 0. The Morgan fingerprint density at radius 1 is 0.571 bits per heavy atom. The summed E-state index contributed by atoms with van der Waals surface area (Å²) in [4.78, 5) is 51.7. The zero-order valence-corrected chi connectivity index (χ0v) is 37.3. The van der Waals surface area contributed by atoms with Crippen molar-refractivity contribution in [1.82, 2.24) is 5.32 Å². The number of aliphatic hydroxyl groups is 1. The molecule has 2 aliphatic rings. The molecule has 8 N–H and O–H groups in total. The van der Waals surface area contributed by atoms with Gasteiger partial charge in [0.2, 0.25) is 23.3 Å². The first kappa shape index (κ1) is 48.9. The van der Waals surface area contributed by atoms with Crippen LogP contribution in [0.1, 0.15) is 72.5 Å². The Kier molecular flexibility index (Phi) is 17.9. The van der Waals surface area contributed by atoms with Gasteiger partial charge in [-0.25, -0.2) is 0 Å². The first-order chi connectivity index (χ1) is 29.6. The van der Waals surface area contributed by atoms with E-state index in [0.29, 0.717) is 67.3 Å². The van der Waals surface area contributed by atoms with Crippen LogP contribution in [0.25, 0.3) is 21.9 Å². The third-order valence-corrected chi connectivity index (χ3v) is 11.6. The second-order valence-corrected chi connectivity index (χ2v) is 16.2. The summed E-state index contributed by atoms with van der Waals surface area (Å²) < 4.78 is 11.6. The zero-order valence-electron chi connectivity index (χ0n) is 34.2. The molecule has 2 fully saturated rings. The van der Waals surface area contributed by atoms with Gasteiger partial charge in [-0.1, -0.05) is 47.5 Å². The molecule has 13 nitrogen and oxygen atoms in total. The average Bonchev–Trinajstić information content (AvgIpc) is 3.83. The van der Waals surface area contributed by atoms with Crippen LogP contribution >= 0.6 is 48.0 Å². The van der Waals surface area contributed by atoms with E-state index in [9.17, 15) is 19.2 Å². The molecule has 2 saturated carbocycles. The maximum Gasteiger partial charge on any atom is 0.293 e. The van der Waals surface area contributed by atoms with Gasteiger partial charge in [-0.3, -0.25) is 19.2 Å². The molecule has 17 heteroatoms. The largest absolute Gasteiger partial charge is 0.449 e. The van der Waals surface area contributed by atoms with Crippen LogP contribution in [0.5, 0.6) is 0 Å². The molecular weight excluding hydrogens is 890 g/mol. The van der Waals surface area contributed by atoms with Crippen LogP contribution in [-0.2, 0) is 9.59 Å². The number of aliphatic hydroxyl groups excluding tert-OH is 1. The van der Waals surface area contributed by atoms with E-state index in [0.717, 1.165) is 51.4 Å². The summed E-state index contributed by atoms with van der Waals surface area (Å²) in [6.07, 6.45) is 6.38. The fourth-order valence-corrected chi connectivity index (χ4v) is 8.01. The van der Waals surface area contributed by atoms with E-state index in [1.54, 1.807) is 60.7 Å². The van der Waals surface area contributed by atoms with Crippen LogP contribution in [-0.4, -0.2) is 54.0 Å². The van der Waals surface area contributed by atoms with Crippen LogP contribution in [0.15, 0.2) is 106 Å². The molecule has 2 aromatic heterocycles. The van der Waals surface area contributed by atoms with Crippen molar-refractivity contribution in [2.24, 2.45) is 17.6 Å². The number of rotatable bonds is 11. The van der Waals surface area contributed by atoms with Crippen LogP contribution in [0.2, 0.25) is 10.0 Å². The van der Waals surface area contributed by atoms with E-state index in [2.05, 4.69) is 26.6 Å². The van der Waals surface area contributed by atoms with Crippen molar-refractivity contribution in [3.63, 3.8) is 0 Å². The molecular formula is C46H50Cl4N6O7.